The zero-order valence-corrected chi connectivity index (χ0v) is 13.5. The van der Waals surface area contributed by atoms with Gasteiger partial charge < -0.3 is 5.32 Å². The molecule has 0 aliphatic carbocycles. The second kappa shape index (κ2) is 6.43. The van der Waals surface area contributed by atoms with E-state index in [-0.39, 0.29) is 5.56 Å². The highest BCUT2D eigenvalue weighted by Gasteiger charge is 2.16. The number of anilines is 1. The van der Waals surface area contributed by atoms with E-state index in [1.54, 1.807) is 28.9 Å². The number of carbonyl (C=O) groups excluding carboxylic acids is 1. The van der Waals surface area contributed by atoms with Crippen molar-refractivity contribution in [2.24, 2.45) is 0 Å². The van der Waals surface area contributed by atoms with Crippen molar-refractivity contribution in [2.45, 2.75) is 13.8 Å². The Morgan fingerprint density at radius 3 is 2.28 bits per heavy atom. The number of benzene rings is 2. The standard InChI is InChI=1S/C18H14F3N3O/c1-10-9-11(2)24(23-10)13-5-3-12(4-6-13)18(25)22-15-8-7-14(19)16(20)17(15)21/h3-9H,1-2H3,(H,22,25). The van der Waals surface area contributed by atoms with Crippen molar-refractivity contribution in [3.05, 3.63) is 76.9 Å². The third kappa shape index (κ3) is 3.26. The second-order valence-electron chi connectivity index (χ2n) is 5.56. The van der Waals surface area contributed by atoms with Crippen LogP contribution in [0.1, 0.15) is 21.7 Å². The van der Waals surface area contributed by atoms with Crippen LogP contribution in [0.25, 0.3) is 5.69 Å². The van der Waals surface area contributed by atoms with Crippen LogP contribution in [0.5, 0.6) is 0 Å². The zero-order valence-electron chi connectivity index (χ0n) is 13.5. The van der Waals surface area contributed by atoms with Crippen LogP contribution in [0.4, 0.5) is 18.9 Å². The molecule has 3 aromatic rings. The van der Waals surface area contributed by atoms with E-state index in [2.05, 4.69) is 10.4 Å². The summed E-state index contributed by atoms with van der Waals surface area (Å²) in [5.74, 6) is -5.01. The van der Waals surface area contributed by atoms with Gasteiger partial charge in [0.25, 0.3) is 5.91 Å². The molecule has 2 aromatic carbocycles. The molecule has 1 aromatic heterocycles. The minimum absolute atomic E-state index is 0.245. The number of carbonyl (C=O) groups is 1. The predicted octanol–water partition coefficient (Wildman–Crippen LogP) is 4.16. The van der Waals surface area contributed by atoms with Gasteiger partial charge in [0.2, 0.25) is 0 Å². The van der Waals surface area contributed by atoms with Crippen molar-refractivity contribution in [3.8, 4) is 5.69 Å². The molecule has 0 aliphatic heterocycles. The smallest absolute Gasteiger partial charge is 0.255 e. The van der Waals surface area contributed by atoms with Gasteiger partial charge in [-0.2, -0.15) is 5.10 Å². The Morgan fingerprint density at radius 1 is 1.00 bits per heavy atom. The minimum Gasteiger partial charge on any atom is -0.319 e. The molecular weight excluding hydrogens is 331 g/mol. The lowest BCUT2D eigenvalue weighted by Gasteiger charge is -2.09. The Hall–Kier alpha value is -3.09. The molecule has 1 N–H and O–H groups in total. The summed E-state index contributed by atoms with van der Waals surface area (Å²) in [7, 11) is 0. The summed E-state index contributed by atoms with van der Waals surface area (Å²) in [6.45, 7) is 3.79. The molecule has 0 aliphatic rings. The van der Waals surface area contributed by atoms with E-state index in [4.69, 9.17) is 0 Å². The number of halogens is 3. The van der Waals surface area contributed by atoms with Crippen LogP contribution in [0.15, 0.2) is 42.5 Å². The van der Waals surface area contributed by atoms with Crippen molar-refractivity contribution in [1.82, 2.24) is 9.78 Å². The molecule has 0 saturated carbocycles. The van der Waals surface area contributed by atoms with Crippen LogP contribution in [0, 0.1) is 31.3 Å². The Bertz CT molecular complexity index is 949. The van der Waals surface area contributed by atoms with E-state index in [0.717, 1.165) is 29.2 Å². The molecule has 1 amide bonds. The van der Waals surface area contributed by atoms with Crippen LogP contribution in [-0.4, -0.2) is 15.7 Å². The number of hydrogen-bond donors (Lipinski definition) is 1. The molecule has 0 unspecified atom stereocenters. The van der Waals surface area contributed by atoms with Crippen LogP contribution >= 0.6 is 0 Å². The second-order valence-corrected chi connectivity index (χ2v) is 5.56. The first-order valence-corrected chi connectivity index (χ1v) is 7.45. The van der Waals surface area contributed by atoms with E-state index in [1.165, 1.54) is 0 Å². The fourth-order valence-electron chi connectivity index (χ4n) is 2.46. The van der Waals surface area contributed by atoms with E-state index >= 15 is 0 Å². The molecule has 7 heteroatoms. The summed E-state index contributed by atoms with van der Waals surface area (Å²) in [6.07, 6.45) is 0. The number of nitrogens with one attached hydrogen (secondary N) is 1. The Kier molecular flexibility index (Phi) is 4.31. The zero-order chi connectivity index (χ0) is 18.1. The fraction of sp³-hybridized carbons (Fsp3) is 0.111. The lowest BCUT2D eigenvalue weighted by atomic mass is 10.2. The highest BCUT2D eigenvalue weighted by atomic mass is 19.2. The topological polar surface area (TPSA) is 46.9 Å². The van der Waals surface area contributed by atoms with Crippen LogP contribution < -0.4 is 5.32 Å². The van der Waals surface area contributed by atoms with Gasteiger partial charge in [0.05, 0.1) is 17.1 Å². The number of hydrogen-bond acceptors (Lipinski definition) is 2. The van der Waals surface area contributed by atoms with Gasteiger partial charge in [-0.25, -0.2) is 17.9 Å². The van der Waals surface area contributed by atoms with E-state index in [9.17, 15) is 18.0 Å². The van der Waals surface area contributed by atoms with Gasteiger partial charge in [-0.15, -0.1) is 0 Å². The first-order chi connectivity index (χ1) is 11.9. The van der Waals surface area contributed by atoms with Crippen molar-refractivity contribution >= 4 is 11.6 Å². The summed E-state index contributed by atoms with van der Waals surface area (Å²) in [5.41, 5.74) is 2.40. The number of aryl methyl sites for hydroxylation is 2. The number of amides is 1. The summed E-state index contributed by atoms with van der Waals surface area (Å²) in [4.78, 5) is 12.2. The maximum Gasteiger partial charge on any atom is 0.255 e. The maximum atomic E-state index is 13.6. The molecule has 0 atom stereocenters. The van der Waals surface area contributed by atoms with Crippen LogP contribution in [0.2, 0.25) is 0 Å². The van der Waals surface area contributed by atoms with Gasteiger partial charge in [-0.3, -0.25) is 4.79 Å². The van der Waals surface area contributed by atoms with E-state index in [0.29, 0.717) is 0 Å². The van der Waals surface area contributed by atoms with Gasteiger partial charge in [-0.05, 0) is 56.3 Å². The van der Waals surface area contributed by atoms with Crippen molar-refractivity contribution < 1.29 is 18.0 Å². The lowest BCUT2D eigenvalue weighted by Crippen LogP contribution is -2.14. The summed E-state index contributed by atoms with van der Waals surface area (Å²) >= 11 is 0. The average molecular weight is 345 g/mol. The predicted molar refractivity (Wildman–Crippen MR) is 87.3 cm³/mol. The Balaban J connectivity index is 1.82. The van der Waals surface area contributed by atoms with E-state index < -0.39 is 29.0 Å². The quantitative estimate of drug-likeness (QED) is 0.725. The van der Waals surface area contributed by atoms with Crippen molar-refractivity contribution in [3.63, 3.8) is 0 Å². The van der Waals surface area contributed by atoms with Gasteiger partial charge in [0, 0.05) is 11.3 Å². The van der Waals surface area contributed by atoms with E-state index in [1.807, 2.05) is 19.9 Å². The molecule has 0 radical (unpaired) electrons. The number of rotatable bonds is 3. The summed E-state index contributed by atoms with van der Waals surface area (Å²) in [5, 5.41) is 6.57. The molecule has 0 spiro atoms. The molecular formula is C18H14F3N3O. The molecule has 0 fully saturated rings. The normalized spacial score (nSPS) is 10.8. The molecule has 25 heavy (non-hydrogen) atoms. The largest absolute Gasteiger partial charge is 0.319 e. The summed E-state index contributed by atoms with van der Waals surface area (Å²) in [6, 6.07) is 10.1. The number of nitrogens with zero attached hydrogens (tertiary/aromatic N) is 2. The number of aromatic nitrogens is 2. The summed E-state index contributed by atoms with van der Waals surface area (Å²) < 4.78 is 41.5. The molecule has 4 nitrogen and oxygen atoms in total. The third-order valence-corrected chi connectivity index (χ3v) is 3.67. The first kappa shape index (κ1) is 16.8. The molecule has 1 heterocycles. The van der Waals surface area contributed by atoms with Crippen LogP contribution in [0.3, 0.4) is 0 Å². The average Bonchev–Trinajstić information content (AvgIpc) is 2.94. The van der Waals surface area contributed by atoms with Gasteiger partial charge >= 0.3 is 0 Å². The maximum absolute atomic E-state index is 13.6. The van der Waals surface area contributed by atoms with Gasteiger partial charge in [0.15, 0.2) is 17.5 Å². The lowest BCUT2D eigenvalue weighted by molar-refractivity contribution is 0.102. The minimum atomic E-state index is -1.63. The van der Waals surface area contributed by atoms with Crippen molar-refractivity contribution in [2.75, 3.05) is 5.32 Å². The molecule has 128 valence electrons. The fourth-order valence-corrected chi connectivity index (χ4v) is 2.46. The Morgan fingerprint density at radius 2 is 1.68 bits per heavy atom. The Labute approximate surface area is 141 Å². The van der Waals surface area contributed by atoms with Crippen LogP contribution in [-0.2, 0) is 0 Å². The van der Waals surface area contributed by atoms with Crippen molar-refractivity contribution in [1.29, 1.82) is 0 Å². The molecule has 3 rings (SSSR count). The van der Waals surface area contributed by atoms with Gasteiger partial charge in [-0.1, -0.05) is 0 Å². The highest BCUT2D eigenvalue weighted by Crippen LogP contribution is 2.21. The monoisotopic (exact) mass is 345 g/mol. The third-order valence-electron chi connectivity index (χ3n) is 3.67. The molecule has 0 bridgehead atoms. The molecule has 0 saturated heterocycles. The SMILES string of the molecule is Cc1cc(C)n(-c2ccc(C(=O)Nc3ccc(F)c(F)c3F)cc2)n1. The first-order valence-electron chi connectivity index (χ1n) is 7.45. The highest BCUT2D eigenvalue weighted by molar-refractivity contribution is 6.04. The van der Waals surface area contributed by atoms with Gasteiger partial charge in [0.1, 0.15) is 0 Å².